The van der Waals surface area contributed by atoms with Crippen LogP contribution in [0.15, 0.2) is 10.1 Å². The lowest BCUT2D eigenvalue weighted by Crippen LogP contribution is -1.74. The molecular weight excluding hydrogens is 220 g/mol. The summed E-state index contributed by atoms with van der Waals surface area (Å²) in [6.45, 7) is 4.12. The molecule has 0 aromatic heterocycles. The number of rotatable bonds is 1. The Labute approximate surface area is 61.2 Å². The number of hydrogen-bond acceptors (Lipinski definition) is 0. The van der Waals surface area contributed by atoms with Gasteiger partial charge in [-0.3, -0.25) is 0 Å². The lowest BCUT2D eigenvalue weighted by Gasteiger charge is -1.91. The Balaban J connectivity index is 3.72. The van der Waals surface area contributed by atoms with Crippen LogP contribution in [0.4, 0.5) is 0 Å². The first-order chi connectivity index (χ1) is 3.18. The van der Waals surface area contributed by atoms with Crippen molar-refractivity contribution < 1.29 is 0 Å². The van der Waals surface area contributed by atoms with Crippen molar-refractivity contribution >= 4 is 31.9 Å². The third-order valence-corrected chi connectivity index (χ3v) is 2.31. The fourth-order valence-electron chi connectivity index (χ4n) is 0.0921. The van der Waals surface area contributed by atoms with E-state index in [0.29, 0.717) is 0 Å². The Morgan fingerprint density at radius 3 is 1.86 bits per heavy atom. The van der Waals surface area contributed by atoms with E-state index in [1.54, 1.807) is 0 Å². The van der Waals surface area contributed by atoms with Gasteiger partial charge in [0.2, 0.25) is 0 Å². The maximum atomic E-state index is 3.35. The highest BCUT2D eigenvalue weighted by molar-refractivity contribution is 9.11. The molecule has 0 heterocycles. The first-order valence-corrected chi connectivity index (χ1v) is 3.97. The van der Waals surface area contributed by atoms with Crippen molar-refractivity contribution in [1.29, 1.82) is 0 Å². The zero-order valence-corrected chi connectivity index (χ0v) is 7.64. The van der Waals surface area contributed by atoms with Crippen molar-refractivity contribution in [2.75, 3.05) is 5.33 Å². The van der Waals surface area contributed by atoms with Crippen LogP contribution in [0.25, 0.3) is 0 Å². The van der Waals surface area contributed by atoms with E-state index in [0.717, 1.165) is 5.33 Å². The predicted octanol–water partition coefficient (Wildman–Crippen LogP) is 3.07. The SMILES string of the molecule is C/C(Br)=C(\C)CBr. The standard InChI is InChI=1S/C5H8Br2/c1-4(3-6)5(2)7/h3H2,1-2H3/b5-4-. The van der Waals surface area contributed by atoms with Crippen molar-refractivity contribution in [3.8, 4) is 0 Å². The Hall–Kier alpha value is 0.700. The zero-order chi connectivity index (χ0) is 5.86. The normalized spacial score (nSPS) is 13.7. The van der Waals surface area contributed by atoms with E-state index in [9.17, 15) is 0 Å². The second kappa shape index (κ2) is 3.67. The molecule has 7 heavy (non-hydrogen) atoms. The van der Waals surface area contributed by atoms with E-state index in [2.05, 4.69) is 38.8 Å². The summed E-state index contributed by atoms with van der Waals surface area (Å²) in [7, 11) is 0. The fourth-order valence-corrected chi connectivity index (χ4v) is 1.03. The summed E-state index contributed by atoms with van der Waals surface area (Å²) in [6.07, 6.45) is 0. The van der Waals surface area contributed by atoms with E-state index in [1.165, 1.54) is 10.1 Å². The monoisotopic (exact) mass is 226 g/mol. The molecule has 0 unspecified atom stereocenters. The molecule has 0 spiro atoms. The molecular formula is C5H8Br2. The molecule has 0 rings (SSSR count). The molecule has 0 fully saturated rings. The molecule has 0 saturated heterocycles. The van der Waals surface area contributed by atoms with Crippen LogP contribution in [0.5, 0.6) is 0 Å². The molecule has 0 atom stereocenters. The minimum absolute atomic E-state index is 0.962. The van der Waals surface area contributed by atoms with E-state index in [4.69, 9.17) is 0 Å². The predicted molar refractivity (Wildman–Crippen MR) is 41.1 cm³/mol. The Morgan fingerprint density at radius 2 is 1.86 bits per heavy atom. The Bertz CT molecular complexity index is 80.1. The topological polar surface area (TPSA) is 0 Å². The van der Waals surface area contributed by atoms with Crippen LogP contribution in [-0.2, 0) is 0 Å². The number of halogens is 2. The Kier molecular flexibility index (Phi) is 4.04. The average Bonchev–Trinajstić information content (AvgIpc) is 1.65. The minimum Gasteiger partial charge on any atom is -0.0880 e. The molecule has 0 aliphatic heterocycles. The minimum atomic E-state index is 0.962. The summed E-state index contributed by atoms with van der Waals surface area (Å²) in [4.78, 5) is 0. The van der Waals surface area contributed by atoms with Gasteiger partial charge < -0.3 is 0 Å². The highest BCUT2D eigenvalue weighted by Gasteiger charge is 1.86. The summed E-state index contributed by atoms with van der Waals surface area (Å²) in [5.74, 6) is 0. The molecule has 2 heteroatoms. The zero-order valence-electron chi connectivity index (χ0n) is 4.46. The molecule has 0 aliphatic carbocycles. The van der Waals surface area contributed by atoms with E-state index in [1.807, 2.05) is 6.92 Å². The number of allylic oxidation sites excluding steroid dienone is 2. The van der Waals surface area contributed by atoms with Gasteiger partial charge in [-0.15, -0.1) is 0 Å². The van der Waals surface area contributed by atoms with Gasteiger partial charge in [-0.2, -0.15) is 0 Å². The average molecular weight is 228 g/mol. The van der Waals surface area contributed by atoms with E-state index < -0.39 is 0 Å². The van der Waals surface area contributed by atoms with Crippen LogP contribution in [-0.4, -0.2) is 5.33 Å². The molecule has 0 aromatic rings. The van der Waals surface area contributed by atoms with Crippen molar-refractivity contribution in [2.45, 2.75) is 13.8 Å². The summed E-state index contributed by atoms with van der Waals surface area (Å²) in [5, 5.41) is 0.962. The second-order valence-corrected chi connectivity index (χ2v) is 3.20. The maximum Gasteiger partial charge on any atom is 0.0249 e. The summed E-state index contributed by atoms with van der Waals surface area (Å²) in [5.41, 5.74) is 1.35. The van der Waals surface area contributed by atoms with E-state index in [-0.39, 0.29) is 0 Å². The van der Waals surface area contributed by atoms with Crippen LogP contribution in [0, 0.1) is 0 Å². The van der Waals surface area contributed by atoms with Gasteiger partial charge in [0, 0.05) is 5.33 Å². The molecule has 42 valence electrons. The van der Waals surface area contributed by atoms with Gasteiger partial charge in [0.05, 0.1) is 0 Å². The fraction of sp³-hybridized carbons (Fsp3) is 0.600. The highest BCUT2D eigenvalue weighted by Crippen LogP contribution is 2.11. The quantitative estimate of drug-likeness (QED) is 0.605. The van der Waals surface area contributed by atoms with Crippen LogP contribution in [0.3, 0.4) is 0 Å². The van der Waals surface area contributed by atoms with Gasteiger partial charge in [0.25, 0.3) is 0 Å². The lowest BCUT2D eigenvalue weighted by molar-refractivity contribution is 1.38. The molecule has 0 amide bonds. The van der Waals surface area contributed by atoms with Gasteiger partial charge in [-0.05, 0) is 18.3 Å². The van der Waals surface area contributed by atoms with Gasteiger partial charge >= 0.3 is 0 Å². The third-order valence-electron chi connectivity index (χ3n) is 0.789. The largest absolute Gasteiger partial charge is 0.0880 e. The molecule has 0 aliphatic rings. The molecule has 0 saturated carbocycles. The van der Waals surface area contributed by atoms with Gasteiger partial charge in [-0.25, -0.2) is 0 Å². The second-order valence-electron chi connectivity index (χ2n) is 1.45. The van der Waals surface area contributed by atoms with Gasteiger partial charge in [0.1, 0.15) is 0 Å². The summed E-state index contributed by atoms with van der Waals surface area (Å²) < 4.78 is 1.23. The van der Waals surface area contributed by atoms with Gasteiger partial charge in [0.15, 0.2) is 0 Å². The van der Waals surface area contributed by atoms with E-state index >= 15 is 0 Å². The lowest BCUT2D eigenvalue weighted by atomic mass is 10.3. The number of hydrogen-bond donors (Lipinski definition) is 0. The van der Waals surface area contributed by atoms with Crippen LogP contribution in [0.1, 0.15) is 13.8 Å². The van der Waals surface area contributed by atoms with Crippen molar-refractivity contribution in [2.24, 2.45) is 0 Å². The van der Waals surface area contributed by atoms with Crippen LogP contribution < -0.4 is 0 Å². The van der Waals surface area contributed by atoms with Crippen LogP contribution >= 0.6 is 31.9 Å². The summed E-state index contributed by atoms with van der Waals surface area (Å²) in [6, 6.07) is 0. The maximum absolute atomic E-state index is 3.35. The van der Waals surface area contributed by atoms with Crippen LogP contribution in [0.2, 0.25) is 0 Å². The Morgan fingerprint density at radius 1 is 1.43 bits per heavy atom. The van der Waals surface area contributed by atoms with Gasteiger partial charge in [-0.1, -0.05) is 37.4 Å². The summed E-state index contributed by atoms with van der Waals surface area (Å²) >= 11 is 6.68. The molecule has 0 bridgehead atoms. The van der Waals surface area contributed by atoms with Crippen molar-refractivity contribution in [3.63, 3.8) is 0 Å². The van der Waals surface area contributed by atoms with Crippen molar-refractivity contribution in [3.05, 3.63) is 10.1 Å². The molecule has 0 nitrogen and oxygen atoms in total. The molecule has 0 aromatic carbocycles. The smallest absolute Gasteiger partial charge is 0.0249 e. The first kappa shape index (κ1) is 7.70. The third kappa shape index (κ3) is 3.30. The number of alkyl halides is 1. The molecule has 0 N–H and O–H groups in total. The first-order valence-electron chi connectivity index (χ1n) is 2.06. The highest BCUT2D eigenvalue weighted by atomic mass is 79.9. The van der Waals surface area contributed by atoms with Crippen molar-refractivity contribution in [1.82, 2.24) is 0 Å². The molecule has 0 radical (unpaired) electrons.